The van der Waals surface area contributed by atoms with Crippen LogP contribution in [0, 0.1) is 0 Å². The molecule has 2 rings (SSSR count). The Balaban J connectivity index is 2.04. The molecule has 2 aromatic carbocycles. The highest BCUT2D eigenvalue weighted by Gasteiger charge is 2.18. The van der Waals surface area contributed by atoms with Gasteiger partial charge in [-0.15, -0.1) is 0 Å². The second-order valence-electron chi connectivity index (χ2n) is 6.06. The number of nitrogens with one attached hydrogen (secondary N) is 1. The highest BCUT2D eigenvalue weighted by Crippen LogP contribution is 2.40. The van der Waals surface area contributed by atoms with Crippen molar-refractivity contribution in [3.63, 3.8) is 0 Å². The molecule has 0 aliphatic heterocycles. The largest absolute Gasteiger partial charge is 0.495 e. The Hall–Kier alpha value is -2.64. The molecule has 0 saturated heterocycles. The number of hydrogen-bond donors (Lipinski definition) is 1. The number of rotatable bonds is 9. The predicted molar refractivity (Wildman–Crippen MR) is 109 cm³/mol. The average molecular weight is 409 g/mol. The molecule has 0 aromatic heterocycles. The fourth-order valence-electron chi connectivity index (χ4n) is 2.82. The van der Waals surface area contributed by atoms with Crippen LogP contribution in [-0.4, -0.2) is 52.8 Å². The molecule has 0 unspecified atom stereocenters. The van der Waals surface area contributed by atoms with Gasteiger partial charge >= 0.3 is 0 Å². The second kappa shape index (κ2) is 10.1. The molecule has 7 nitrogen and oxygen atoms in total. The van der Waals surface area contributed by atoms with Crippen molar-refractivity contribution >= 4 is 23.2 Å². The molecule has 0 fully saturated rings. The van der Waals surface area contributed by atoms with Crippen LogP contribution in [0.25, 0.3) is 0 Å². The van der Waals surface area contributed by atoms with E-state index in [1.165, 1.54) is 7.11 Å². The molecule has 0 bridgehead atoms. The lowest BCUT2D eigenvalue weighted by atomic mass is 10.1. The normalized spacial score (nSPS) is 10.5. The van der Waals surface area contributed by atoms with Crippen LogP contribution in [-0.2, 0) is 11.3 Å². The van der Waals surface area contributed by atoms with Gasteiger partial charge in [0.15, 0.2) is 11.5 Å². The molecule has 152 valence electrons. The second-order valence-corrected chi connectivity index (χ2v) is 6.47. The van der Waals surface area contributed by atoms with Gasteiger partial charge in [0, 0.05) is 17.8 Å². The molecule has 0 heterocycles. The minimum atomic E-state index is -0.164. The standard InChI is InChI=1S/C20H25ClN2O5/c1-23(11-13-6-8-17(26-3)20(28-5)19(13)27-4)12-18(24)22-14-7-9-16(25-2)15(21)10-14/h6-10H,11-12H2,1-5H3,(H,22,24). The molecule has 0 radical (unpaired) electrons. The van der Waals surface area contributed by atoms with Crippen molar-refractivity contribution in [2.24, 2.45) is 0 Å². The van der Waals surface area contributed by atoms with E-state index in [1.54, 1.807) is 39.5 Å². The van der Waals surface area contributed by atoms with Crippen LogP contribution in [0.4, 0.5) is 5.69 Å². The van der Waals surface area contributed by atoms with Crippen LogP contribution in [0.15, 0.2) is 30.3 Å². The Morgan fingerprint density at radius 2 is 1.61 bits per heavy atom. The van der Waals surface area contributed by atoms with Crippen molar-refractivity contribution in [3.05, 3.63) is 40.9 Å². The van der Waals surface area contributed by atoms with Crippen LogP contribution in [0.3, 0.4) is 0 Å². The summed E-state index contributed by atoms with van der Waals surface area (Å²) in [4.78, 5) is 14.2. The van der Waals surface area contributed by atoms with Crippen LogP contribution in [0.2, 0.25) is 5.02 Å². The van der Waals surface area contributed by atoms with Gasteiger partial charge in [0.05, 0.1) is 40.0 Å². The number of carbonyl (C=O) groups is 1. The molecule has 2 aromatic rings. The van der Waals surface area contributed by atoms with Gasteiger partial charge in [-0.05, 0) is 31.3 Å². The molecule has 0 aliphatic rings. The summed E-state index contributed by atoms with van der Waals surface area (Å²) in [5, 5.41) is 3.26. The number of ether oxygens (including phenoxy) is 4. The number of hydrogen-bond acceptors (Lipinski definition) is 6. The minimum Gasteiger partial charge on any atom is -0.495 e. The maximum absolute atomic E-state index is 12.4. The molecule has 0 spiro atoms. The Morgan fingerprint density at radius 1 is 0.964 bits per heavy atom. The van der Waals surface area contributed by atoms with E-state index < -0.39 is 0 Å². The molecular formula is C20H25ClN2O5. The third-order valence-corrected chi connectivity index (χ3v) is 4.37. The van der Waals surface area contributed by atoms with Gasteiger partial charge in [-0.2, -0.15) is 0 Å². The molecular weight excluding hydrogens is 384 g/mol. The summed E-state index contributed by atoms with van der Waals surface area (Å²) in [6, 6.07) is 8.79. The van der Waals surface area contributed by atoms with E-state index >= 15 is 0 Å². The maximum atomic E-state index is 12.4. The summed E-state index contributed by atoms with van der Waals surface area (Å²) in [6.07, 6.45) is 0. The summed E-state index contributed by atoms with van der Waals surface area (Å²) in [5.74, 6) is 2.07. The molecule has 28 heavy (non-hydrogen) atoms. The van der Waals surface area contributed by atoms with Crippen molar-refractivity contribution in [1.29, 1.82) is 0 Å². The van der Waals surface area contributed by atoms with E-state index in [2.05, 4.69) is 5.32 Å². The summed E-state index contributed by atoms with van der Waals surface area (Å²) in [6.45, 7) is 0.668. The summed E-state index contributed by atoms with van der Waals surface area (Å²) in [7, 11) is 8.08. The molecule has 0 saturated carbocycles. The van der Waals surface area contributed by atoms with Crippen molar-refractivity contribution in [2.75, 3.05) is 47.3 Å². The zero-order chi connectivity index (χ0) is 20.7. The third-order valence-electron chi connectivity index (χ3n) is 4.08. The predicted octanol–water partition coefficient (Wildman–Crippen LogP) is 3.44. The van der Waals surface area contributed by atoms with Crippen LogP contribution >= 0.6 is 11.6 Å². The van der Waals surface area contributed by atoms with Crippen molar-refractivity contribution in [2.45, 2.75) is 6.54 Å². The lowest BCUT2D eigenvalue weighted by molar-refractivity contribution is -0.117. The number of carbonyl (C=O) groups excluding carboxylic acids is 1. The first-order valence-corrected chi connectivity index (χ1v) is 8.91. The van der Waals surface area contributed by atoms with E-state index in [0.717, 1.165) is 5.56 Å². The SMILES string of the molecule is COc1ccc(NC(=O)CN(C)Cc2ccc(OC)c(OC)c2OC)cc1Cl. The van der Waals surface area contributed by atoms with Gasteiger partial charge in [-0.3, -0.25) is 9.69 Å². The van der Waals surface area contributed by atoms with Crippen LogP contribution < -0.4 is 24.3 Å². The van der Waals surface area contributed by atoms with E-state index in [1.807, 2.05) is 24.1 Å². The number of amides is 1. The fraction of sp³-hybridized carbons (Fsp3) is 0.350. The van der Waals surface area contributed by atoms with Crippen molar-refractivity contribution in [1.82, 2.24) is 4.90 Å². The first-order chi connectivity index (χ1) is 13.4. The van der Waals surface area contributed by atoms with E-state index in [-0.39, 0.29) is 12.5 Å². The van der Waals surface area contributed by atoms with E-state index in [4.69, 9.17) is 30.5 Å². The minimum absolute atomic E-state index is 0.164. The number of benzene rings is 2. The number of nitrogens with zero attached hydrogens (tertiary/aromatic N) is 1. The fourth-order valence-corrected chi connectivity index (χ4v) is 3.08. The number of anilines is 1. The van der Waals surface area contributed by atoms with Crippen LogP contribution in [0.1, 0.15) is 5.56 Å². The van der Waals surface area contributed by atoms with Crippen molar-refractivity contribution < 1.29 is 23.7 Å². The van der Waals surface area contributed by atoms with Gasteiger partial charge in [-0.1, -0.05) is 17.7 Å². The van der Waals surface area contributed by atoms with Gasteiger partial charge in [0.2, 0.25) is 11.7 Å². The number of likely N-dealkylation sites (N-methyl/N-ethyl adjacent to an activating group) is 1. The van der Waals surface area contributed by atoms with Gasteiger partial charge in [-0.25, -0.2) is 0 Å². The first-order valence-electron chi connectivity index (χ1n) is 8.53. The summed E-state index contributed by atoms with van der Waals surface area (Å²) in [5.41, 5.74) is 1.48. The van der Waals surface area contributed by atoms with Gasteiger partial charge in [0.1, 0.15) is 5.75 Å². The Morgan fingerprint density at radius 3 is 2.18 bits per heavy atom. The number of halogens is 1. The Bertz CT molecular complexity index is 828. The zero-order valence-corrected chi connectivity index (χ0v) is 17.4. The highest BCUT2D eigenvalue weighted by atomic mass is 35.5. The van der Waals surface area contributed by atoms with Crippen LogP contribution in [0.5, 0.6) is 23.0 Å². The topological polar surface area (TPSA) is 69.3 Å². The van der Waals surface area contributed by atoms with Gasteiger partial charge < -0.3 is 24.3 Å². The molecule has 0 atom stereocenters. The molecule has 1 amide bonds. The molecule has 1 N–H and O–H groups in total. The average Bonchev–Trinajstić information content (AvgIpc) is 2.67. The van der Waals surface area contributed by atoms with Gasteiger partial charge in [0.25, 0.3) is 0 Å². The lowest BCUT2D eigenvalue weighted by Gasteiger charge is -2.20. The zero-order valence-electron chi connectivity index (χ0n) is 16.7. The number of methoxy groups -OCH3 is 4. The highest BCUT2D eigenvalue weighted by molar-refractivity contribution is 6.32. The van der Waals surface area contributed by atoms with E-state index in [9.17, 15) is 4.79 Å². The monoisotopic (exact) mass is 408 g/mol. The lowest BCUT2D eigenvalue weighted by Crippen LogP contribution is -2.30. The first kappa shape index (κ1) is 21.7. The third kappa shape index (κ3) is 5.21. The summed E-state index contributed by atoms with van der Waals surface area (Å²) >= 11 is 6.09. The Kier molecular flexibility index (Phi) is 7.78. The smallest absolute Gasteiger partial charge is 0.238 e. The quantitative estimate of drug-likeness (QED) is 0.685. The van der Waals surface area contributed by atoms with E-state index in [0.29, 0.717) is 40.3 Å². The van der Waals surface area contributed by atoms with Crippen molar-refractivity contribution in [3.8, 4) is 23.0 Å². The summed E-state index contributed by atoms with van der Waals surface area (Å²) < 4.78 is 21.3. The maximum Gasteiger partial charge on any atom is 0.238 e. The molecule has 8 heteroatoms. The Labute approximate surface area is 170 Å². The molecule has 0 aliphatic carbocycles.